The number of piperidine rings is 1. The van der Waals surface area contributed by atoms with Crippen LogP contribution < -0.4 is 5.32 Å². The van der Waals surface area contributed by atoms with Crippen LogP contribution in [0.1, 0.15) is 38.5 Å². The van der Waals surface area contributed by atoms with E-state index in [0.29, 0.717) is 23.8 Å². The molecule has 4 unspecified atom stereocenters. The average Bonchev–Trinajstić information content (AvgIpc) is 2.70. The standard InChI is InChI=1S/C13H21NOS/c15-13-7-10-3-4-12(14-10)11(13)6-9-2-1-5-16-8-9/h9-12,14H,1-8H2. The predicted octanol–water partition coefficient (Wildman–Crippen LogP) is 2.23. The molecule has 0 aromatic heterocycles. The first-order valence-corrected chi connectivity index (χ1v) is 7.85. The largest absolute Gasteiger partial charge is 0.310 e. The van der Waals surface area contributed by atoms with Crippen molar-refractivity contribution in [1.82, 2.24) is 5.32 Å². The highest BCUT2D eigenvalue weighted by Gasteiger charge is 2.41. The first-order valence-electron chi connectivity index (χ1n) is 6.69. The Bertz CT molecular complexity index is 275. The average molecular weight is 239 g/mol. The summed E-state index contributed by atoms with van der Waals surface area (Å²) in [6, 6.07) is 1.05. The van der Waals surface area contributed by atoms with Crippen molar-refractivity contribution >= 4 is 17.5 Å². The van der Waals surface area contributed by atoms with Gasteiger partial charge in [0, 0.05) is 24.4 Å². The van der Waals surface area contributed by atoms with Crippen molar-refractivity contribution in [3.8, 4) is 0 Å². The van der Waals surface area contributed by atoms with Gasteiger partial charge in [-0.1, -0.05) is 0 Å². The molecular weight excluding hydrogens is 218 g/mol. The molecule has 0 aromatic carbocycles. The van der Waals surface area contributed by atoms with E-state index in [-0.39, 0.29) is 0 Å². The topological polar surface area (TPSA) is 29.1 Å². The summed E-state index contributed by atoms with van der Waals surface area (Å²) in [5.41, 5.74) is 0. The van der Waals surface area contributed by atoms with E-state index in [2.05, 4.69) is 17.1 Å². The molecule has 4 atom stereocenters. The quantitative estimate of drug-likeness (QED) is 0.801. The van der Waals surface area contributed by atoms with E-state index < -0.39 is 0 Å². The fourth-order valence-electron chi connectivity index (χ4n) is 3.60. The molecule has 2 nitrogen and oxygen atoms in total. The van der Waals surface area contributed by atoms with Crippen molar-refractivity contribution < 1.29 is 4.79 Å². The summed E-state index contributed by atoms with van der Waals surface area (Å²) < 4.78 is 0. The Balaban J connectivity index is 1.62. The molecule has 3 saturated heterocycles. The summed E-state index contributed by atoms with van der Waals surface area (Å²) in [4.78, 5) is 12.1. The molecule has 16 heavy (non-hydrogen) atoms. The molecule has 2 bridgehead atoms. The van der Waals surface area contributed by atoms with Gasteiger partial charge in [0.05, 0.1) is 0 Å². The second-order valence-electron chi connectivity index (χ2n) is 5.64. The van der Waals surface area contributed by atoms with Crippen molar-refractivity contribution in [2.75, 3.05) is 11.5 Å². The molecule has 3 fully saturated rings. The van der Waals surface area contributed by atoms with Gasteiger partial charge in [0.1, 0.15) is 5.78 Å². The number of thioether (sulfide) groups is 1. The maximum Gasteiger partial charge on any atom is 0.139 e. The maximum absolute atomic E-state index is 12.1. The second kappa shape index (κ2) is 4.69. The summed E-state index contributed by atoms with van der Waals surface area (Å²) in [7, 11) is 0. The van der Waals surface area contributed by atoms with Crippen molar-refractivity contribution in [3.05, 3.63) is 0 Å². The lowest BCUT2D eigenvalue weighted by molar-refractivity contribution is -0.126. The van der Waals surface area contributed by atoms with Gasteiger partial charge in [0.2, 0.25) is 0 Å². The normalized spacial score (nSPS) is 43.6. The molecule has 0 amide bonds. The number of Topliss-reactive ketones (excluding diaryl/α,β-unsaturated/α-hetero) is 1. The van der Waals surface area contributed by atoms with Crippen LogP contribution >= 0.6 is 11.8 Å². The van der Waals surface area contributed by atoms with Gasteiger partial charge in [-0.15, -0.1) is 0 Å². The van der Waals surface area contributed by atoms with Crippen LogP contribution in [0.25, 0.3) is 0 Å². The highest BCUT2D eigenvalue weighted by molar-refractivity contribution is 7.99. The van der Waals surface area contributed by atoms with Crippen LogP contribution in [0, 0.1) is 11.8 Å². The van der Waals surface area contributed by atoms with Gasteiger partial charge in [-0.05, 0) is 49.5 Å². The lowest BCUT2D eigenvalue weighted by atomic mass is 9.82. The highest BCUT2D eigenvalue weighted by Crippen LogP contribution is 2.35. The van der Waals surface area contributed by atoms with Crippen LogP contribution in [-0.2, 0) is 4.79 Å². The van der Waals surface area contributed by atoms with E-state index in [4.69, 9.17) is 0 Å². The Hall–Kier alpha value is -0.0200. The van der Waals surface area contributed by atoms with Crippen molar-refractivity contribution in [1.29, 1.82) is 0 Å². The third-order valence-corrected chi connectivity index (χ3v) is 5.75. The Morgan fingerprint density at radius 2 is 2.25 bits per heavy atom. The van der Waals surface area contributed by atoms with E-state index in [9.17, 15) is 4.79 Å². The number of ketones is 1. The monoisotopic (exact) mass is 239 g/mol. The van der Waals surface area contributed by atoms with Gasteiger partial charge >= 0.3 is 0 Å². The minimum Gasteiger partial charge on any atom is -0.310 e. The smallest absolute Gasteiger partial charge is 0.139 e. The zero-order valence-corrected chi connectivity index (χ0v) is 10.6. The Morgan fingerprint density at radius 3 is 3.06 bits per heavy atom. The first-order chi connectivity index (χ1) is 7.83. The molecule has 0 aromatic rings. The molecule has 0 aliphatic carbocycles. The van der Waals surface area contributed by atoms with E-state index in [1.165, 1.54) is 37.2 Å². The molecular formula is C13H21NOS. The van der Waals surface area contributed by atoms with Crippen LogP contribution in [0.3, 0.4) is 0 Å². The summed E-state index contributed by atoms with van der Waals surface area (Å²) in [6.45, 7) is 0. The number of nitrogens with one attached hydrogen (secondary N) is 1. The number of hydrogen-bond acceptors (Lipinski definition) is 3. The van der Waals surface area contributed by atoms with Gasteiger partial charge in [-0.25, -0.2) is 0 Å². The van der Waals surface area contributed by atoms with E-state index in [0.717, 1.165) is 18.8 Å². The minimum atomic E-state index is 0.349. The number of hydrogen-bond donors (Lipinski definition) is 1. The summed E-state index contributed by atoms with van der Waals surface area (Å²) in [5.74, 6) is 4.34. The van der Waals surface area contributed by atoms with Crippen LogP contribution in [0.2, 0.25) is 0 Å². The summed E-state index contributed by atoms with van der Waals surface area (Å²) in [5, 5.41) is 3.63. The SMILES string of the molecule is O=C1CC2CCC(N2)C1CC1CCCSC1. The molecule has 0 saturated carbocycles. The van der Waals surface area contributed by atoms with Gasteiger partial charge < -0.3 is 5.32 Å². The van der Waals surface area contributed by atoms with Crippen LogP contribution in [0.5, 0.6) is 0 Å². The van der Waals surface area contributed by atoms with E-state index >= 15 is 0 Å². The number of carbonyl (C=O) groups is 1. The van der Waals surface area contributed by atoms with Gasteiger partial charge in [-0.2, -0.15) is 11.8 Å². The molecule has 3 heterocycles. The number of fused-ring (bicyclic) bond motifs is 2. The van der Waals surface area contributed by atoms with Crippen molar-refractivity contribution in [2.24, 2.45) is 11.8 Å². The van der Waals surface area contributed by atoms with Gasteiger partial charge in [0.15, 0.2) is 0 Å². The van der Waals surface area contributed by atoms with Crippen LogP contribution in [0.15, 0.2) is 0 Å². The molecule has 1 N–H and O–H groups in total. The summed E-state index contributed by atoms with van der Waals surface area (Å²) in [6.07, 6.45) is 7.15. The molecule has 3 aliphatic rings. The molecule has 3 heteroatoms. The molecule has 0 radical (unpaired) electrons. The van der Waals surface area contributed by atoms with Crippen molar-refractivity contribution in [2.45, 2.75) is 50.6 Å². The molecule has 0 spiro atoms. The molecule has 3 aliphatic heterocycles. The number of carbonyl (C=O) groups excluding carboxylic acids is 1. The van der Waals surface area contributed by atoms with Crippen molar-refractivity contribution in [3.63, 3.8) is 0 Å². The maximum atomic E-state index is 12.1. The third-order valence-electron chi connectivity index (χ3n) is 4.46. The van der Waals surface area contributed by atoms with Crippen LogP contribution in [0.4, 0.5) is 0 Å². The predicted molar refractivity (Wildman–Crippen MR) is 67.7 cm³/mol. The van der Waals surface area contributed by atoms with Crippen LogP contribution in [-0.4, -0.2) is 29.4 Å². The summed E-state index contributed by atoms with van der Waals surface area (Å²) >= 11 is 2.08. The van der Waals surface area contributed by atoms with Gasteiger partial charge in [0.25, 0.3) is 0 Å². The Morgan fingerprint density at radius 1 is 1.31 bits per heavy atom. The second-order valence-corrected chi connectivity index (χ2v) is 6.79. The fraction of sp³-hybridized carbons (Fsp3) is 0.923. The van der Waals surface area contributed by atoms with E-state index in [1.807, 2.05) is 0 Å². The van der Waals surface area contributed by atoms with E-state index in [1.54, 1.807) is 0 Å². The Labute approximate surface area is 102 Å². The van der Waals surface area contributed by atoms with Gasteiger partial charge in [-0.3, -0.25) is 4.79 Å². The zero-order chi connectivity index (χ0) is 11.0. The lowest BCUT2D eigenvalue weighted by Crippen LogP contribution is -2.46. The lowest BCUT2D eigenvalue weighted by Gasteiger charge is -2.32. The molecule has 90 valence electrons. The Kier molecular flexibility index (Phi) is 3.25. The molecule has 3 rings (SSSR count). The third kappa shape index (κ3) is 2.17. The number of rotatable bonds is 2. The highest BCUT2D eigenvalue weighted by atomic mass is 32.2. The fourth-order valence-corrected chi connectivity index (χ4v) is 4.77. The first kappa shape index (κ1) is 11.1. The zero-order valence-electron chi connectivity index (χ0n) is 9.78. The minimum absolute atomic E-state index is 0.349.